The summed E-state index contributed by atoms with van der Waals surface area (Å²) in [5, 5.41) is 27.1. The largest absolute Gasteiger partial charge is 0.457 e. The molecule has 10 rings (SSSR count). The van der Waals surface area contributed by atoms with E-state index < -0.39 is 0 Å². The molecule has 0 aliphatic heterocycles. The van der Waals surface area contributed by atoms with Crippen LogP contribution in [0.1, 0.15) is 158 Å². The molecule has 84 heavy (non-hydrogen) atoms. The number of aromatic nitrogens is 6. The molecule has 432 valence electrons. The number of ether oxygens (including phenoxy) is 3. The summed E-state index contributed by atoms with van der Waals surface area (Å²) < 4.78 is 38.7. The summed E-state index contributed by atoms with van der Waals surface area (Å²) in [5.74, 6) is 6.10. The van der Waals surface area contributed by atoms with E-state index in [2.05, 4.69) is 210 Å². The number of nitrogens with zero attached hydrogens (tertiary/aromatic N) is 6. The lowest BCUT2D eigenvalue weighted by Crippen LogP contribution is -2.16. The Hall–Kier alpha value is -8.64. The second kappa shape index (κ2) is 21.8. The van der Waals surface area contributed by atoms with Gasteiger partial charge in [-0.3, -0.25) is 0 Å². The number of hydrogen-bond donors (Lipinski definition) is 0. The van der Waals surface area contributed by atoms with Crippen LogP contribution in [-0.2, 0) is 32.5 Å². The molecule has 0 fully saturated rings. The van der Waals surface area contributed by atoms with Gasteiger partial charge in [-0.25, -0.2) is 0 Å². The summed E-state index contributed by atoms with van der Waals surface area (Å²) in [4.78, 5) is 0. The zero-order chi connectivity index (χ0) is 60.3. The zero-order valence-electron chi connectivity index (χ0n) is 52.0. The molecule has 0 aliphatic rings. The van der Waals surface area contributed by atoms with Crippen LogP contribution in [0, 0.1) is 0 Å². The Balaban J connectivity index is 0.943. The third-order valence-corrected chi connectivity index (χ3v) is 14.9. The van der Waals surface area contributed by atoms with Crippen LogP contribution in [0.25, 0.3) is 68.7 Å². The van der Waals surface area contributed by atoms with Crippen LogP contribution in [-0.4, -0.2) is 30.6 Å². The van der Waals surface area contributed by atoms with Crippen molar-refractivity contribution in [2.24, 2.45) is 0 Å². The lowest BCUT2D eigenvalue weighted by atomic mass is 9.80. The molecule has 0 aliphatic carbocycles. The summed E-state index contributed by atoms with van der Waals surface area (Å²) in [6.07, 6.45) is 0. The van der Waals surface area contributed by atoms with Crippen molar-refractivity contribution in [1.29, 1.82) is 0 Å². The number of hydrogen-bond acceptors (Lipinski definition) is 12. The van der Waals surface area contributed by atoms with Crippen molar-refractivity contribution in [3.05, 3.63) is 179 Å². The fourth-order valence-electron chi connectivity index (χ4n) is 9.34. The average molecular weight is 1120 g/mol. The van der Waals surface area contributed by atoms with E-state index in [0.29, 0.717) is 68.3 Å². The quantitative estimate of drug-likeness (QED) is 0.115. The first-order valence-corrected chi connectivity index (χ1v) is 28.8. The molecule has 12 nitrogen and oxygen atoms in total. The van der Waals surface area contributed by atoms with Crippen LogP contribution in [0.4, 0.5) is 0 Å². The van der Waals surface area contributed by atoms with Gasteiger partial charge in [-0.15, -0.1) is 30.6 Å². The predicted molar refractivity (Wildman–Crippen MR) is 334 cm³/mol. The van der Waals surface area contributed by atoms with Crippen LogP contribution in [0.15, 0.2) is 159 Å². The Morgan fingerprint density at radius 2 is 0.393 bits per heavy atom. The van der Waals surface area contributed by atoms with Crippen molar-refractivity contribution in [3.8, 4) is 103 Å². The highest BCUT2D eigenvalue weighted by atomic mass is 16.5. The summed E-state index contributed by atoms with van der Waals surface area (Å²) in [5.41, 5.74) is 10.8. The monoisotopic (exact) mass is 1120 g/mol. The van der Waals surface area contributed by atoms with Crippen molar-refractivity contribution in [2.45, 2.75) is 157 Å². The molecule has 0 saturated carbocycles. The summed E-state index contributed by atoms with van der Waals surface area (Å²) in [6, 6.07) is 48.0. The maximum Gasteiger partial charge on any atom is 0.248 e. The SMILES string of the molecule is CC(C)(C)c1cc(Oc2ccc(-c3nnc(-c4cc(-c5nnc(-c6ccc(Oc7cc(C(C)(C)C)cc(C(C)(C)C)c7)cc6)o5)cc(-c5nnc(-c6ccc(Oc7cc(C(C)(C)C)cc(C(C)(C)C)c7)cc6)o5)c4)o3)cc2)cc(C(C)(C)C)c1. The highest BCUT2D eigenvalue weighted by Crippen LogP contribution is 2.41. The molecule has 3 heterocycles. The standard InChI is InChI=1S/C72H78N6O6/c1-67(2,3)49-34-50(68(4,5)6)38-58(37-49)79-55-25-19-43(20-26-55)61-73-76-64(82-61)46-31-47(65-77-74-62(83-65)44-21-27-56(28-22-44)80-59-39-51(69(7,8)9)35-52(40-59)70(10,11)12)33-48(32-46)66-78-75-63(84-66)45-23-29-57(30-24-45)81-60-41-53(71(13,14)15)36-54(42-60)72(16,17)18/h19-42H,1-18H3. The van der Waals surface area contributed by atoms with Crippen molar-refractivity contribution in [3.63, 3.8) is 0 Å². The average Bonchev–Trinajstić information content (AvgIpc) is 4.39. The molecule has 0 N–H and O–H groups in total. The second-order valence-corrected chi connectivity index (χ2v) is 28.2. The molecule has 0 unspecified atom stereocenters. The molecular formula is C72H78N6O6. The maximum atomic E-state index is 6.47. The Morgan fingerprint density at radius 1 is 0.214 bits per heavy atom. The van der Waals surface area contributed by atoms with Crippen LogP contribution in [0.5, 0.6) is 34.5 Å². The van der Waals surface area contributed by atoms with Gasteiger partial charge in [0, 0.05) is 33.4 Å². The van der Waals surface area contributed by atoms with Gasteiger partial charge >= 0.3 is 0 Å². The fourth-order valence-corrected chi connectivity index (χ4v) is 9.34. The Labute approximate surface area is 495 Å². The van der Waals surface area contributed by atoms with E-state index in [-0.39, 0.29) is 50.2 Å². The van der Waals surface area contributed by atoms with Crippen LogP contribution >= 0.6 is 0 Å². The number of rotatable bonds is 12. The van der Waals surface area contributed by atoms with Gasteiger partial charge < -0.3 is 27.5 Å². The summed E-state index contributed by atoms with van der Waals surface area (Å²) in [7, 11) is 0. The predicted octanol–water partition coefficient (Wildman–Crippen LogP) is 20.0. The molecule has 0 radical (unpaired) electrons. The molecule has 10 aromatic rings. The van der Waals surface area contributed by atoms with Gasteiger partial charge in [0.25, 0.3) is 0 Å². The molecule has 0 amide bonds. The molecule has 0 saturated heterocycles. The van der Waals surface area contributed by atoms with E-state index in [1.807, 2.05) is 91.0 Å². The second-order valence-electron chi connectivity index (χ2n) is 28.2. The minimum absolute atomic E-state index is 0.0511. The van der Waals surface area contributed by atoms with E-state index in [4.69, 9.17) is 27.5 Å². The van der Waals surface area contributed by atoms with Crippen LogP contribution in [0.2, 0.25) is 0 Å². The van der Waals surface area contributed by atoms with Gasteiger partial charge in [-0.2, -0.15) is 0 Å². The van der Waals surface area contributed by atoms with Gasteiger partial charge in [0.05, 0.1) is 0 Å². The van der Waals surface area contributed by atoms with E-state index >= 15 is 0 Å². The Kier molecular flexibility index (Phi) is 15.2. The summed E-state index contributed by atoms with van der Waals surface area (Å²) >= 11 is 0. The van der Waals surface area contributed by atoms with Gasteiger partial charge in [0.1, 0.15) is 34.5 Å². The molecule has 0 bridgehead atoms. The normalized spacial score (nSPS) is 12.6. The van der Waals surface area contributed by atoms with E-state index in [0.717, 1.165) is 17.2 Å². The third kappa shape index (κ3) is 13.6. The first-order valence-electron chi connectivity index (χ1n) is 28.8. The van der Waals surface area contributed by atoms with E-state index in [9.17, 15) is 0 Å². The van der Waals surface area contributed by atoms with E-state index in [1.165, 1.54) is 33.4 Å². The van der Waals surface area contributed by atoms with Crippen molar-refractivity contribution < 1.29 is 27.5 Å². The Morgan fingerprint density at radius 3 is 0.571 bits per heavy atom. The van der Waals surface area contributed by atoms with Crippen LogP contribution < -0.4 is 14.2 Å². The zero-order valence-corrected chi connectivity index (χ0v) is 52.0. The molecule has 12 heteroatoms. The fraction of sp³-hybridized carbons (Fsp3) is 0.333. The van der Waals surface area contributed by atoms with Crippen molar-refractivity contribution in [2.75, 3.05) is 0 Å². The maximum absolute atomic E-state index is 6.47. The lowest BCUT2D eigenvalue weighted by Gasteiger charge is -2.26. The molecule has 3 aromatic heterocycles. The lowest BCUT2D eigenvalue weighted by molar-refractivity contribution is 0.473. The number of benzene rings is 7. The Bertz CT molecular complexity index is 3450. The van der Waals surface area contributed by atoms with E-state index in [1.54, 1.807) is 0 Å². The topological polar surface area (TPSA) is 144 Å². The van der Waals surface area contributed by atoms with Gasteiger partial charge in [0.2, 0.25) is 35.3 Å². The van der Waals surface area contributed by atoms with Gasteiger partial charge in [-0.05, 0) is 193 Å². The molecule has 7 aromatic carbocycles. The minimum atomic E-state index is -0.0511. The smallest absolute Gasteiger partial charge is 0.248 e. The molecular weight excluding hydrogens is 1040 g/mol. The third-order valence-electron chi connectivity index (χ3n) is 14.9. The van der Waals surface area contributed by atoms with Gasteiger partial charge in [-0.1, -0.05) is 143 Å². The summed E-state index contributed by atoms with van der Waals surface area (Å²) in [6.45, 7) is 39.8. The molecule has 0 atom stereocenters. The highest BCUT2D eigenvalue weighted by Gasteiger charge is 2.26. The van der Waals surface area contributed by atoms with Gasteiger partial charge in [0.15, 0.2) is 0 Å². The minimum Gasteiger partial charge on any atom is -0.457 e. The highest BCUT2D eigenvalue weighted by molar-refractivity contribution is 5.75. The van der Waals surface area contributed by atoms with Crippen LogP contribution in [0.3, 0.4) is 0 Å². The van der Waals surface area contributed by atoms with Crippen molar-refractivity contribution in [1.82, 2.24) is 30.6 Å². The first-order chi connectivity index (χ1) is 39.3. The molecule has 0 spiro atoms. The van der Waals surface area contributed by atoms with Crippen molar-refractivity contribution >= 4 is 0 Å². The first kappa shape index (κ1) is 58.6.